The molecule has 0 atom stereocenters. The molecule has 0 aliphatic heterocycles. The van der Waals surface area contributed by atoms with E-state index in [1.165, 1.54) is 26.2 Å². The van der Waals surface area contributed by atoms with Gasteiger partial charge in [-0.1, -0.05) is 19.3 Å². The molecule has 0 spiro atoms. The van der Waals surface area contributed by atoms with E-state index in [1.807, 2.05) is 18.3 Å². The molecule has 0 bridgehead atoms. The number of anilines is 2. The molecule has 1 aromatic carbocycles. The number of hydrogen-bond acceptors (Lipinski definition) is 5. The van der Waals surface area contributed by atoms with Crippen LogP contribution in [0.5, 0.6) is 0 Å². The van der Waals surface area contributed by atoms with Crippen molar-refractivity contribution in [2.75, 3.05) is 16.4 Å². The third-order valence-corrected chi connectivity index (χ3v) is 6.34. The van der Waals surface area contributed by atoms with Crippen LogP contribution in [0.3, 0.4) is 0 Å². The van der Waals surface area contributed by atoms with Crippen molar-refractivity contribution in [1.82, 2.24) is 14.5 Å². The predicted molar refractivity (Wildman–Crippen MR) is 125 cm³/mol. The van der Waals surface area contributed by atoms with Crippen LogP contribution in [0.25, 0.3) is 11.2 Å². The van der Waals surface area contributed by atoms with Gasteiger partial charge >= 0.3 is 0 Å². The molecule has 31 heavy (non-hydrogen) atoms. The first-order valence-electron chi connectivity index (χ1n) is 10.7. The number of carbonyl (C=O) groups is 2. The van der Waals surface area contributed by atoms with Gasteiger partial charge in [-0.25, -0.2) is 9.97 Å². The van der Waals surface area contributed by atoms with Crippen LogP contribution in [0, 0.1) is 0 Å². The third-order valence-electron chi connectivity index (χ3n) is 5.42. The van der Waals surface area contributed by atoms with Gasteiger partial charge in [-0.2, -0.15) is 0 Å². The highest BCUT2D eigenvalue weighted by atomic mass is 32.2. The summed E-state index contributed by atoms with van der Waals surface area (Å²) in [6, 6.07) is 11.5. The van der Waals surface area contributed by atoms with Crippen LogP contribution in [0.2, 0.25) is 0 Å². The van der Waals surface area contributed by atoms with Gasteiger partial charge in [0.15, 0.2) is 5.65 Å². The van der Waals surface area contributed by atoms with Crippen LogP contribution < -0.4 is 10.6 Å². The molecular formula is C23H27N5O2S. The molecule has 1 aliphatic rings. The molecule has 8 heteroatoms. The molecule has 2 heterocycles. The number of benzene rings is 1. The third kappa shape index (κ3) is 5.44. The fourth-order valence-electron chi connectivity index (χ4n) is 4.07. The normalized spacial score (nSPS) is 14.5. The minimum Gasteiger partial charge on any atom is -0.326 e. The van der Waals surface area contributed by atoms with E-state index in [1.54, 1.807) is 36.0 Å². The van der Waals surface area contributed by atoms with Crippen LogP contribution in [0.15, 0.2) is 42.6 Å². The van der Waals surface area contributed by atoms with Crippen LogP contribution in [-0.2, 0) is 15.3 Å². The van der Waals surface area contributed by atoms with Crippen LogP contribution in [-0.4, -0.2) is 32.1 Å². The number of amides is 2. The van der Waals surface area contributed by atoms with Crippen LogP contribution in [0.1, 0.15) is 50.9 Å². The Hall–Kier alpha value is -2.87. The van der Waals surface area contributed by atoms with Crippen molar-refractivity contribution in [3.63, 3.8) is 0 Å². The van der Waals surface area contributed by atoms with Crippen LogP contribution in [0.4, 0.5) is 11.4 Å². The number of imidazole rings is 1. The van der Waals surface area contributed by atoms with E-state index < -0.39 is 0 Å². The van der Waals surface area contributed by atoms with Crippen molar-refractivity contribution in [3.8, 4) is 0 Å². The second-order valence-corrected chi connectivity index (χ2v) is 8.82. The van der Waals surface area contributed by atoms with Crippen molar-refractivity contribution in [2.24, 2.45) is 0 Å². The van der Waals surface area contributed by atoms with E-state index in [4.69, 9.17) is 4.98 Å². The number of carbonyl (C=O) groups excluding carboxylic acids is 2. The molecule has 0 saturated heterocycles. The Morgan fingerprint density at radius 1 is 1.06 bits per heavy atom. The monoisotopic (exact) mass is 437 g/mol. The first kappa shape index (κ1) is 21.4. The van der Waals surface area contributed by atoms with Gasteiger partial charge in [0.1, 0.15) is 11.3 Å². The molecule has 3 aromatic rings. The topological polar surface area (TPSA) is 88.9 Å². The number of nitrogens with one attached hydrogen (secondary N) is 2. The molecule has 7 nitrogen and oxygen atoms in total. The van der Waals surface area contributed by atoms with E-state index in [9.17, 15) is 9.59 Å². The SMILES string of the molecule is CC(=O)Nc1ccc(NC(=O)CSCc2nc3cccnc3n2C2CCCCC2)cc1. The smallest absolute Gasteiger partial charge is 0.234 e. The highest BCUT2D eigenvalue weighted by Crippen LogP contribution is 2.32. The maximum atomic E-state index is 12.4. The first-order valence-corrected chi connectivity index (χ1v) is 11.8. The van der Waals surface area contributed by atoms with Gasteiger partial charge in [0.2, 0.25) is 11.8 Å². The first-order chi connectivity index (χ1) is 15.1. The Morgan fingerprint density at radius 3 is 2.48 bits per heavy atom. The molecule has 2 N–H and O–H groups in total. The fourth-order valence-corrected chi connectivity index (χ4v) is 4.82. The van der Waals surface area contributed by atoms with Crippen molar-refractivity contribution in [3.05, 3.63) is 48.4 Å². The Bertz CT molecular complexity index is 1060. The zero-order chi connectivity index (χ0) is 21.6. The molecule has 2 aromatic heterocycles. The quantitative estimate of drug-likeness (QED) is 0.556. The molecule has 0 radical (unpaired) electrons. The summed E-state index contributed by atoms with van der Waals surface area (Å²) in [7, 11) is 0. The lowest BCUT2D eigenvalue weighted by Crippen LogP contribution is -2.17. The average Bonchev–Trinajstić information content (AvgIpc) is 3.13. The standard InChI is InChI=1S/C23H27N5O2S/c1-16(29)25-17-9-11-18(12-10-17)26-22(30)15-31-14-21-27-20-8-5-13-24-23(20)28(21)19-6-3-2-4-7-19/h5,8-13,19H,2-4,6-7,14-15H2,1H3,(H,25,29)(H,26,30). The summed E-state index contributed by atoms with van der Waals surface area (Å²) in [4.78, 5) is 32.9. The zero-order valence-electron chi connectivity index (χ0n) is 17.6. The van der Waals surface area contributed by atoms with Crippen molar-refractivity contribution >= 4 is 46.1 Å². The Balaban J connectivity index is 1.37. The lowest BCUT2D eigenvalue weighted by Gasteiger charge is -2.25. The summed E-state index contributed by atoms with van der Waals surface area (Å²) in [5, 5.41) is 5.61. The lowest BCUT2D eigenvalue weighted by molar-refractivity contribution is -0.114. The maximum Gasteiger partial charge on any atom is 0.234 e. The van der Waals surface area contributed by atoms with Gasteiger partial charge in [0, 0.05) is 30.5 Å². The number of aromatic nitrogens is 3. The molecule has 1 saturated carbocycles. The molecule has 2 amide bonds. The van der Waals surface area contributed by atoms with Gasteiger partial charge in [-0.15, -0.1) is 11.8 Å². The summed E-state index contributed by atoms with van der Waals surface area (Å²) in [6.45, 7) is 1.46. The average molecular weight is 438 g/mol. The van der Waals surface area contributed by atoms with Gasteiger partial charge < -0.3 is 15.2 Å². The molecule has 0 unspecified atom stereocenters. The highest BCUT2D eigenvalue weighted by molar-refractivity contribution is 7.99. The number of pyridine rings is 1. The molecular weight excluding hydrogens is 410 g/mol. The van der Waals surface area contributed by atoms with E-state index >= 15 is 0 Å². The van der Waals surface area contributed by atoms with Gasteiger partial charge in [-0.05, 0) is 49.2 Å². The Labute approximate surface area is 186 Å². The summed E-state index contributed by atoms with van der Waals surface area (Å²) >= 11 is 1.56. The van der Waals surface area contributed by atoms with Crippen molar-refractivity contribution < 1.29 is 9.59 Å². The number of thioether (sulfide) groups is 1. The molecule has 1 aliphatic carbocycles. The van der Waals surface area contributed by atoms with E-state index in [0.717, 1.165) is 29.8 Å². The second-order valence-electron chi connectivity index (χ2n) is 7.84. The van der Waals surface area contributed by atoms with Crippen molar-refractivity contribution in [1.29, 1.82) is 0 Å². The minimum atomic E-state index is -0.123. The number of rotatable bonds is 7. The van der Waals surface area contributed by atoms with E-state index in [0.29, 0.717) is 28.9 Å². The molecule has 162 valence electrons. The number of hydrogen-bond donors (Lipinski definition) is 2. The fraction of sp³-hybridized carbons (Fsp3) is 0.391. The van der Waals surface area contributed by atoms with Crippen molar-refractivity contribution in [2.45, 2.75) is 50.8 Å². The number of fused-ring (bicyclic) bond motifs is 1. The summed E-state index contributed by atoms with van der Waals surface area (Å²) in [5.41, 5.74) is 3.29. The van der Waals surface area contributed by atoms with E-state index in [2.05, 4.69) is 20.2 Å². The summed E-state index contributed by atoms with van der Waals surface area (Å²) < 4.78 is 2.31. The summed E-state index contributed by atoms with van der Waals surface area (Å²) in [6.07, 6.45) is 7.93. The highest BCUT2D eigenvalue weighted by Gasteiger charge is 2.22. The predicted octanol–water partition coefficient (Wildman–Crippen LogP) is 4.77. The van der Waals surface area contributed by atoms with Gasteiger partial charge in [-0.3, -0.25) is 9.59 Å². The number of nitrogens with zero attached hydrogens (tertiary/aromatic N) is 3. The van der Waals surface area contributed by atoms with Crippen LogP contribution >= 0.6 is 11.8 Å². The second kappa shape index (κ2) is 9.96. The molecule has 4 rings (SSSR count). The largest absolute Gasteiger partial charge is 0.326 e. The summed E-state index contributed by atoms with van der Waals surface area (Å²) in [5.74, 6) is 1.83. The van der Waals surface area contributed by atoms with Gasteiger partial charge in [0.05, 0.1) is 11.5 Å². The minimum absolute atomic E-state index is 0.0595. The van der Waals surface area contributed by atoms with E-state index in [-0.39, 0.29) is 11.8 Å². The Morgan fingerprint density at radius 2 is 1.77 bits per heavy atom. The lowest BCUT2D eigenvalue weighted by atomic mass is 9.95. The van der Waals surface area contributed by atoms with Gasteiger partial charge in [0.25, 0.3) is 0 Å². The Kier molecular flexibility index (Phi) is 6.86. The maximum absolute atomic E-state index is 12.4. The molecule has 1 fully saturated rings. The zero-order valence-corrected chi connectivity index (χ0v) is 18.5.